The maximum Gasteiger partial charge on any atom is 0.328 e. The fraction of sp³-hybridized carbons (Fsp3) is 0.667. The molecule has 0 saturated carbocycles. The molecule has 5 heteroatoms. The molecular formula is C12H23BiO4. The van der Waals surface area contributed by atoms with Crippen LogP contribution in [0, 0.1) is 0 Å². The normalized spacial score (nSPS) is 9.76. The molecule has 0 unspecified atom stereocenters. The van der Waals surface area contributed by atoms with Crippen LogP contribution in [-0.4, -0.2) is 45.4 Å². The molecule has 100 valence electrons. The van der Waals surface area contributed by atoms with E-state index in [0.29, 0.717) is 12.2 Å². The first-order valence-corrected chi connectivity index (χ1v) is 11.4. The molecule has 0 aromatic carbocycles. The van der Waals surface area contributed by atoms with E-state index in [-0.39, 0.29) is 23.2 Å². The average molecular weight is 440 g/mol. The van der Waals surface area contributed by atoms with E-state index in [1.807, 2.05) is 0 Å². The van der Waals surface area contributed by atoms with Gasteiger partial charge in [-0.1, -0.05) is 0 Å². The van der Waals surface area contributed by atoms with Crippen LogP contribution in [0.3, 0.4) is 0 Å². The van der Waals surface area contributed by atoms with E-state index in [2.05, 4.69) is 13.8 Å². The molecule has 0 aliphatic carbocycles. The number of unbranched alkanes of at least 4 members (excludes halogenated alkanes) is 2. The van der Waals surface area contributed by atoms with E-state index in [1.165, 1.54) is 25.7 Å². The summed E-state index contributed by atoms with van der Waals surface area (Å²) < 4.78 is 3.30. The first-order chi connectivity index (χ1) is 8.04. The van der Waals surface area contributed by atoms with Gasteiger partial charge < -0.3 is 10.2 Å². The van der Waals surface area contributed by atoms with E-state index in [4.69, 9.17) is 10.2 Å². The van der Waals surface area contributed by atoms with Crippen molar-refractivity contribution in [1.82, 2.24) is 0 Å². The number of carboxylic acid groups (broad SMARTS) is 2. The van der Waals surface area contributed by atoms with Crippen LogP contribution >= 0.6 is 0 Å². The van der Waals surface area contributed by atoms with Gasteiger partial charge in [0.25, 0.3) is 0 Å². The Kier molecular flexibility index (Phi) is 17.3. The van der Waals surface area contributed by atoms with E-state index < -0.39 is 11.9 Å². The topological polar surface area (TPSA) is 74.6 Å². The molecule has 2 N–H and O–H groups in total. The van der Waals surface area contributed by atoms with Crippen molar-refractivity contribution in [3.8, 4) is 0 Å². The molecule has 0 heterocycles. The summed E-state index contributed by atoms with van der Waals surface area (Å²) in [7, 11) is 0. The fourth-order valence-corrected chi connectivity index (χ4v) is 6.54. The van der Waals surface area contributed by atoms with Crippen LogP contribution in [0.2, 0.25) is 8.26 Å². The Labute approximate surface area is 115 Å². The van der Waals surface area contributed by atoms with Crippen LogP contribution in [0.1, 0.15) is 39.5 Å². The first-order valence-electron chi connectivity index (χ1n) is 5.89. The summed E-state index contributed by atoms with van der Waals surface area (Å²) in [5.41, 5.74) is 0. The largest absolute Gasteiger partial charge is 0.478 e. The Morgan fingerprint density at radius 3 is 1.53 bits per heavy atom. The van der Waals surface area contributed by atoms with Crippen LogP contribution in [-0.2, 0) is 9.59 Å². The quantitative estimate of drug-likeness (QED) is 0.346. The summed E-state index contributed by atoms with van der Waals surface area (Å²) in [6.07, 6.45) is 6.99. The minimum atomic E-state index is -1.26. The second-order valence-electron chi connectivity index (χ2n) is 3.47. The fourth-order valence-electron chi connectivity index (χ4n) is 0.871. The standard InChI is InChI=1S/C4H4O4.2C4H9.Bi.H/c5-3(6)1-2-4(7)8;2*1-3-4-2;;/h1-2H,(H,5,6)(H,7,8);2*1,3-4H2,2H3;;. The SMILES string of the molecule is CCC[CH2][BiH][CH2]CCC.O=C(O)C=CC(=O)O. The number of carboxylic acids is 2. The van der Waals surface area contributed by atoms with Gasteiger partial charge in [-0.25, -0.2) is 9.59 Å². The maximum absolute atomic E-state index is 9.55. The summed E-state index contributed by atoms with van der Waals surface area (Å²) in [6.45, 7) is 4.59. The molecule has 0 aromatic rings. The van der Waals surface area contributed by atoms with Gasteiger partial charge in [-0.15, -0.1) is 0 Å². The molecule has 0 rings (SSSR count). The molecule has 0 saturated heterocycles. The number of rotatable bonds is 8. The molecule has 4 nitrogen and oxygen atoms in total. The van der Waals surface area contributed by atoms with Gasteiger partial charge in [-0.2, -0.15) is 0 Å². The van der Waals surface area contributed by atoms with Crippen molar-refractivity contribution in [2.45, 2.75) is 47.8 Å². The van der Waals surface area contributed by atoms with Gasteiger partial charge in [0, 0.05) is 12.2 Å². The first kappa shape index (κ1) is 18.9. The summed E-state index contributed by atoms with van der Waals surface area (Å²) in [4.78, 5) is 19.1. The van der Waals surface area contributed by atoms with Crippen LogP contribution in [0.25, 0.3) is 0 Å². The molecule has 0 aliphatic heterocycles. The van der Waals surface area contributed by atoms with Gasteiger partial charge in [0.1, 0.15) is 0 Å². The van der Waals surface area contributed by atoms with Gasteiger partial charge in [-0.05, 0) is 0 Å². The van der Waals surface area contributed by atoms with Gasteiger partial charge in [0.15, 0.2) is 0 Å². The molecule has 0 radical (unpaired) electrons. The van der Waals surface area contributed by atoms with Crippen LogP contribution in [0.15, 0.2) is 12.2 Å². The average Bonchev–Trinajstić information content (AvgIpc) is 2.27. The Morgan fingerprint density at radius 2 is 1.29 bits per heavy atom. The number of hydrogen-bond donors (Lipinski definition) is 2. The summed E-state index contributed by atoms with van der Waals surface area (Å²) >= 11 is -0.0390. The van der Waals surface area contributed by atoms with Crippen LogP contribution in [0.5, 0.6) is 0 Å². The van der Waals surface area contributed by atoms with E-state index in [1.54, 1.807) is 8.26 Å². The van der Waals surface area contributed by atoms with Crippen LogP contribution in [0.4, 0.5) is 0 Å². The van der Waals surface area contributed by atoms with E-state index >= 15 is 0 Å². The smallest absolute Gasteiger partial charge is 0.328 e. The Balaban J connectivity index is 0. The molecule has 17 heavy (non-hydrogen) atoms. The van der Waals surface area contributed by atoms with Crippen molar-refractivity contribution in [1.29, 1.82) is 0 Å². The predicted octanol–water partition coefficient (Wildman–Crippen LogP) is 2.57. The minimum Gasteiger partial charge on any atom is -0.478 e. The van der Waals surface area contributed by atoms with Crippen molar-refractivity contribution in [3.63, 3.8) is 0 Å². The Bertz CT molecular complexity index is 205. The predicted molar refractivity (Wildman–Crippen MR) is 71.0 cm³/mol. The zero-order valence-corrected chi connectivity index (χ0v) is 14.5. The monoisotopic (exact) mass is 440 g/mol. The second-order valence-corrected chi connectivity index (χ2v) is 9.30. The third-order valence-electron chi connectivity index (χ3n) is 1.78. The Morgan fingerprint density at radius 1 is 0.941 bits per heavy atom. The molecule has 0 fully saturated rings. The molecule has 0 bridgehead atoms. The number of aliphatic carboxylic acids is 2. The number of carbonyl (C=O) groups is 2. The van der Waals surface area contributed by atoms with E-state index in [9.17, 15) is 9.59 Å². The zero-order chi connectivity index (χ0) is 13.5. The molecule has 0 amide bonds. The zero-order valence-electron chi connectivity index (χ0n) is 10.6. The maximum atomic E-state index is 9.55. The van der Waals surface area contributed by atoms with E-state index in [0.717, 1.165) is 0 Å². The summed E-state index contributed by atoms with van der Waals surface area (Å²) in [5.74, 6) is -2.51. The molecule has 0 aliphatic rings. The third kappa shape index (κ3) is 25.7. The van der Waals surface area contributed by atoms with Crippen molar-refractivity contribution in [2.24, 2.45) is 0 Å². The molecule has 0 spiro atoms. The summed E-state index contributed by atoms with van der Waals surface area (Å²) in [5, 5.41) is 15.6. The van der Waals surface area contributed by atoms with Gasteiger partial charge in [0.2, 0.25) is 0 Å². The van der Waals surface area contributed by atoms with Crippen molar-refractivity contribution in [3.05, 3.63) is 12.2 Å². The van der Waals surface area contributed by atoms with Gasteiger partial charge in [-0.3, -0.25) is 0 Å². The summed E-state index contributed by atoms with van der Waals surface area (Å²) in [6, 6.07) is 0. The van der Waals surface area contributed by atoms with Crippen molar-refractivity contribution in [2.75, 3.05) is 0 Å². The van der Waals surface area contributed by atoms with Crippen molar-refractivity contribution >= 4 is 35.2 Å². The molecule has 0 aromatic heterocycles. The Hall–Kier alpha value is -0.437. The molecule has 0 atom stereocenters. The van der Waals surface area contributed by atoms with Gasteiger partial charge >= 0.3 is 83.0 Å². The van der Waals surface area contributed by atoms with Gasteiger partial charge in [0.05, 0.1) is 0 Å². The minimum absolute atomic E-state index is 0.0390. The second kappa shape index (κ2) is 15.6. The van der Waals surface area contributed by atoms with Crippen molar-refractivity contribution < 1.29 is 19.8 Å². The molecular weight excluding hydrogens is 417 g/mol. The number of hydrogen-bond acceptors (Lipinski definition) is 2. The third-order valence-corrected chi connectivity index (χ3v) is 7.28. The van der Waals surface area contributed by atoms with Crippen LogP contribution < -0.4 is 0 Å².